The summed E-state index contributed by atoms with van der Waals surface area (Å²) in [4.78, 5) is 24.8. The molecule has 0 unspecified atom stereocenters. The van der Waals surface area contributed by atoms with Gasteiger partial charge in [0, 0.05) is 17.6 Å². The quantitative estimate of drug-likeness (QED) is 0.675. The lowest BCUT2D eigenvalue weighted by atomic mass is 9.90. The molecule has 0 radical (unpaired) electrons. The van der Waals surface area contributed by atoms with Crippen molar-refractivity contribution in [2.75, 3.05) is 20.8 Å². The number of methoxy groups -OCH3 is 2. The normalized spacial score (nSPS) is 15.8. The summed E-state index contributed by atoms with van der Waals surface area (Å²) in [6.07, 6.45) is 3.91. The Morgan fingerprint density at radius 1 is 1.18 bits per heavy atom. The van der Waals surface area contributed by atoms with Crippen LogP contribution in [0.5, 0.6) is 11.5 Å². The summed E-state index contributed by atoms with van der Waals surface area (Å²) in [6, 6.07) is 7.87. The smallest absolute Gasteiger partial charge is 0.274 e. The minimum absolute atomic E-state index is 0.119. The number of thiophene rings is 1. The molecule has 144 valence electrons. The first-order chi connectivity index (χ1) is 13.6. The average Bonchev–Trinajstić information content (AvgIpc) is 3.26. The van der Waals surface area contributed by atoms with Crippen LogP contribution in [-0.2, 0) is 6.42 Å². The van der Waals surface area contributed by atoms with Crippen LogP contribution in [0.3, 0.4) is 0 Å². The molecule has 4 rings (SSSR count). The van der Waals surface area contributed by atoms with Crippen LogP contribution in [0.25, 0.3) is 0 Å². The van der Waals surface area contributed by atoms with Crippen molar-refractivity contribution in [3.8, 4) is 11.5 Å². The Balaban J connectivity index is 1.81. The minimum Gasteiger partial charge on any atom is -0.493 e. The van der Waals surface area contributed by atoms with Gasteiger partial charge in [-0.15, -0.1) is 11.3 Å². The largest absolute Gasteiger partial charge is 0.493 e. The molecule has 7 heteroatoms. The predicted octanol–water partition coefficient (Wildman–Crippen LogP) is 3.65. The molecule has 0 N–H and O–H groups in total. The number of benzene rings is 1. The van der Waals surface area contributed by atoms with Gasteiger partial charge in [-0.05, 0) is 48.1 Å². The summed E-state index contributed by atoms with van der Waals surface area (Å²) >= 11 is 1.63. The van der Waals surface area contributed by atoms with Crippen molar-refractivity contribution in [2.24, 2.45) is 0 Å². The fourth-order valence-electron chi connectivity index (χ4n) is 3.57. The molecular weight excluding hydrogens is 374 g/mol. The van der Waals surface area contributed by atoms with Crippen LogP contribution < -0.4 is 9.47 Å². The second kappa shape index (κ2) is 7.59. The SMILES string of the molecule is COc1cc2c(cc1OC)[C@H](c1cccs1)N(C(=O)c1cnc(C)cn1)CC2. The summed E-state index contributed by atoms with van der Waals surface area (Å²) < 4.78 is 11.0. The van der Waals surface area contributed by atoms with E-state index < -0.39 is 0 Å². The van der Waals surface area contributed by atoms with Gasteiger partial charge >= 0.3 is 0 Å². The number of fused-ring (bicyclic) bond motifs is 1. The van der Waals surface area contributed by atoms with Gasteiger partial charge < -0.3 is 14.4 Å². The van der Waals surface area contributed by atoms with Gasteiger partial charge in [-0.3, -0.25) is 9.78 Å². The maximum absolute atomic E-state index is 13.3. The van der Waals surface area contributed by atoms with E-state index in [1.54, 1.807) is 38.0 Å². The van der Waals surface area contributed by atoms with Crippen molar-refractivity contribution in [1.29, 1.82) is 0 Å². The number of nitrogens with zero attached hydrogens (tertiary/aromatic N) is 3. The van der Waals surface area contributed by atoms with Gasteiger partial charge in [0.05, 0.1) is 32.2 Å². The molecule has 0 saturated heterocycles. The Labute approximate surface area is 167 Å². The number of aromatic nitrogens is 2. The number of hydrogen-bond acceptors (Lipinski definition) is 6. The molecule has 3 heterocycles. The molecular formula is C21H21N3O3S. The molecule has 1 aromatic carbocycles. The maximum atomic E-state index is 13.3. The van der Waals surface area contributed by atoms with Crippen molar-refractivity contribution in [1.82, 2.24) is 14.9 Å². The monoisotopic (exact) mass is 395 g/mol. The average molecular weight is 395 g/mol. The Kier molecular flexibility index (Phi) is 5.00. The second-order valence-electron chi connectivity index (χ2n) is 6.62. The lowest BCUT2D eigenvalue weighted by Crippen LogP contribution is -2.40. The van der Waals surface area contributed by atoms with E-state index in [2.05, 4.69) is 16.0 Å². The summed E-state index contributed by atoms with van der Waals surface area (Å²) in [7, 11) is 3.26. The van der Waals surface area contributed by atoms with E-state index in [4.69, 9.17) is 9.47 Å². The molecule has 0 aliphatic carbocycles. The van der Waals surface area contributed by atoms with E-state index in [9.17, 15) is 4.79 Å². The standard InChI is InChI=1S/C21H21N3O3S/c1-13-11-23-16(12-22-13)21(25)24-7-6-14-9-17(26-2)18(27-3)10-15(14)20(24)19-5-4-8-28-19/h4-5,8-12,20H,6-7H2,1-3H3/t20-/m1/s1. The number of amides is 1. The van der Waals surface area contributed by atoms with E-state index in [0.29, 0.717) is 23.7 Å². The van der Waals surface area contributed by atoms with Crippen molar-refractivity contribution in [3.05, 3.63) is 69.4 Å². The van der Waals surface area contributed by atoms with E-state index in [0.717, 1.165) is 28.1 Å². The molecule has 28 heavy (non-hydrogen) atoms. The van der Waals surface area contributed by atoms with E-state index >= 15 is 0 Å². The fourth-order valence-corrected chi connectivity index (χ4v) is 4.42. The zero-order valence-corrected chi connectivity index (χ0v) is 16.8. The van der Waals surface area contributed by atoms with Crippen molar-refractivity contribution in [3.63, 3.8) is 0 Å². The van der Waals surface area contributed by atoms with Gasteiger partial charge in [0.1, 0.15) is 5.69 Å². The van der Waals surface area contributed by atoms with Crippen LogP contribution in [0.15, 0.2) is 42.0 Å². The Bertz CT molecular complexity index is 987. The van der Waals surface area contributed by atoms with Crippen LogP contribution in [0.2, 0.25) is 0 Å². The Morgan fingerprint density at radius 2 is 1.96 bits per heavy atom. The second-order valence-corrected chi connectivity index (χ2v) is 7.59. The van der Waals surface area contributed by atoms with Crippen LogP contribution in [0.1, 0.15) is 38.2 Å². The molecule has 0 bridgehead atoms. The zero-order valence-electron chi connectivity index (χ0n) is 16.0. The predicted molar refractivity (Wildman–Crippen MR) is 107 cm³/mol. The third-order valence-electron chi connectivity index (χ3n) is 4.95. The summed E-state index contributed by atoms with van der Waals surface area (Å²) in [5.41, 5.74) is 3.36. The first-order valence-corrected chi connectivity index (χ1v) is 9.88. The molecule has 6 nitrogen and oxygen atoms in total. The van der Waals surface area contributed by atoms with Crippen LogP contribution in [-0.4, -0.2) is 41.5 Å². The van der Waals surface area contributed by atoms with Crippen molar-refractivity contribution in [2.45, 2.75) is 19.4 Å². The van der Waals surface area contributed by atoms with E-state index in [1.165, 1.54) is 0 Å². The Hall–Kier alpha value is -2.93. The molecule has 3 aromatic rings. The lowest BCUT2D eigenvalue weighted by Gasteiger charge is -2.37. The van der Waals surface area contributed by atoms with Gasteiger partial charge in [-0.1, -0.05) is 6.07 Å². The highest BCUT2D eigenvalue weighted by Gasteiger charge is 2.35. The highest BCUT2D eigenvalue weighted by Crippen LogP contribution is 2.42. The molecule has 1 amide bonds. The van der Waals surface area contributed by atoms with E-state index in [-0.39, 0.29) is 11.9 Å². The van der Waals surface area contributed by atoms with Gasteiger partial charge in [-0.25, -0.2) is 4.98 Å². The molecule has 0 spiro atoms. The van der Waals surface area contributed by atoms with Crippen LogP contribution in [0, 0.1) is 6.92 Å². The number of carbonyl (C=O) groups excluding carboxylic acids is 1. The van der Waals surface area contributed by atoms with Gasteiger partial charge in [-0.2, -0.15) is 0 Å². The van der Waals surface area contributed by atoms with Crippen LogP contribution in [0.4, 0.5) is 0 Å². The minimum atomic E-state index is -0.195. The van der Waals surface area contributed by atoms with Crippen molar-refractivity contribution >= 4 is 17.2 Å². The molecule has 1 atom stereocenters. The van der Waals surface area contributed by atoms with Gasteiger partial charge in [0.25, 0.3) is 5.91 Å². The third kappa shape index (κ3) is 3.22. The van der Waals surface area contributed by atoms with Gasteiger partial charge in [0.2, 0.25) is 0 Å². The Morgan fingerprint density at radius 3 is 2.61 bits per heavy atom. The first-order valence-electron chi connectivity index (χ1n) is 9.00. The molecule has 0 fully saturated rings. The number of aryl methyl sites for hydroxylation is 1. The number of hydrogen-bond donors (Lipinski definition) is 0. The lowest BCUT2D eigenvalue weighted by molar-refractivity contribution is 0.0690. The number of rotatable bonds is 4. The zero-order chi connectivity index (χ0) is 19.7. The number of carbonyl (C=O) groups is 1. The number of ether oxygens (including phenoxy) is 2. The molecule has 1 aliphatic heterocycles. The topological polar surface area (TPSA) is 64.6 Å². The third-order valence-corrected chi connectivity index (χ3v) is 5.87. The maximum Gasteiger partial charge on any atom is 0.274 e. The van der Waals surface area contributed by atoms with Crippen LogP contribution >= 0.6 is 11.3 Å². The van der Waals surface area contributed by atoms with Gasteiger partial charge in [0.15, 0.2) is 11.5 Å². The molecule has 2 aromatic heterocycles. The van der Waals surface area contributed by atoms with Crippen molar-refractivity contribution < 1.29 is 14.3 Å². The fraction of sp³-hybridized carbons (Fsp3) is 0.286. The highest BCUT2D eigenvalue weighted by molar-refractivity contribution is 7.10. The summed E-state index contributed by atoms with van der Waals surface area (Å²) in [5, 5.41) is 2.03. The molecule has 1 aliphatic rings. The first kappa shape index (κ1) is 18.4. The van der Waals surface area contributed by atoms with E-state index in [1.807, 2.05) is 35.4 Å². The highest BCUT2D eigenvalue weighted by atomic mass is 32.1. The molecule has 0 saturated carbocycles. The summed E-state index contributed by atoms with van der Waals surface area (Å²) in [6.45, 7) is 2.45. The summed E-state index contributed by atoms with van der Waals surface area (Å²) in [5.74, 6) is 1.24.